The third kappa shape index (κ3) is 9.34. The molecule has 0 spiro atoms. The highest BCUT2D eigenvalue weighted by Gasteiger charge is 2.14. The molecule has 0 bridgehead atoms. The molecule has 0 saturated heterocycles. The summed E-state index contributed by atoms with van der Waals surface area (Å²) >= 11 is 0. The number of ketones is 2. The molecule has 0 fully saturated rings. The van der Waals surface area contributed by atoms with Gasteiger partial charge in [0.05, 0.1) is 20.6 Å². The van der Waals surface area contributed by atoms with E-state index < -0.39 is 17.7 Å². The molecular weight excluding hydrogens is 296 g/mol. The number of ether oxygens (including phenoxy) is 2. The molecule has 124 valence electrons. The number of nitrogens with zero attached hydrogens (tertiary/aromatic N) is 1. The third-order valence-corrected chi connectivity index (χ3v) is 1.92. The summed E-state index contributed by atoms with van der Waals surface area (Å²) in [4.78, 5) is 41.8. The van der Waals surface area contributed by atoms with Crippen LogP contribution in [0.4, 0.5) is 0 Å². The van der Waals surface area contributed by atoms with Gasteiger partial charge in [0, 0.05) is 5.69 Å². The number of nitrogens with two attached hydrogens (primary N) is 2. The van der Waals surface area contributed by atoms with Crippen molar-refractivity contribution in [3.05, 3.63) is 17.5 Å². The van der Waals surface area contributed by atoms with E-state index in [1.807, 2.05) is 6.92 Å². The Kier molecular flexibility index (Phi) is 12.0. The largest absolute Gasteiger partial charge is 0.464 e. The fourth-order valence-corrected chi connectivity index (χ4v) is 1.04. The predicted molar refractivity (Wildman–Crippen MR) is 75.4 cm³/mol. The molecule has 0 atom stereocenters. The van der Waals surface area contributed by atoms with Gasteiger partial charge >= 0.3 is 11.9 Å². The van der Waals surface area contributed by atoms with E-state index in [0.717, 1.165) is 12.8 Å². The van der Waals surface area contributed by atoms with Crippen LogP contribution in [0.5, 0.6) is 0 Å². The first-order valence-corrected chi connectivity index (χ1v) is 5.86. The van der Waals surface area contributed by atoms with Gasteiger partial charge in [-0.3, -0.25) is 26.4 Å². The maximum atomic E-state index is 10.7. The van der Waals surface area contributed by atoms with E-state index in [1.165, 1.54) is 14.0 Å². The SMILES string of the molecule is COC(=O)C(=O)CC(C)=O.COC(=O)c1cc(C)[nH]n1.NN. The monoisotopic (exact) mass is 316 g/mol. The normalized spacial score (nSPS) is 8.45. The number of methoxy groups -OCH3 is 2. The number of carbonyl (C=O) groups is 4. The summed E-state index contributed by atoms with van der Waals surface area (Å²) < 4.78 is 8.50. The number of hydrogen-bond acceptors (Lipinski definition) is 9. The lowest BCUT2D eigenvalue weighted by atomic mass is 10.2. The summed E-state index contributed by atoms with van der Waals surface area (Å²) in [6.45, 7) is 3.06. The zero-order valence-corrected chi connectivity index (χ0v) is 12.8. The van der Waals surface area contributed by atoms with E-state index in [2.05, 4.69) is 31.4 Å². The zero-order valence-electron chi connectivity index (χ0n) is 12.8. The van der Waals surface area contributed by atoms with Crippen LogP contribution in [0.3, 0.4) is 0 Å². The lowest BCUT2D eigenvalue weighted by Gasteiger charge is -1.93. The molecule has 0 radical (unpaired) electrons. The Balaban J connectivity index is 0. The van der Waals surface area contributed by atoms with Gasteiger partial charge in [0.1, 0.15) is 5.78 Å². The second kappa shape index (κ2) is 12.2. The van der Waals surface area contributed by atoms with Crippen molar-refractivity contribution in [1.29, 1.82) is 0 Å². The smallest absolute Gasteiger partial charge is 0.374 e. The number of H-pyrrole nitrogens is 1. The Morgan fingerprint density at radius 3 is 2.05 bits per heavy atom. The van der Waals surface area contributed by atoms with Gasteiger partial charge in [0.25, 0.3) is 0 Å². The molecule has 10 nitrogen and oxygen atoms in total. The summed E-state index contributed by atoms with van der Waals surface area (Å²) in [5.41, 5.74) is 1.17. The van der Waals surface area contributed by atoms with Crippen molar-refractivity contribution in [3.8, 4) is 0 Å². The van der Waals surface area contributed by atoms with Gasteiger partial charge in [-0.25, -0.2) is 9.59 Å². The van der Waals surface area contributed by atoms with Gasteiger partial charge < -0.3 is 9.47 Å². The quantitative estimate of drug-likeness (QED) is 0.208. The van der Waals surface area contributed by atoms with E-state index in [9.17, 15) is 19.2 Å². The molecule has 0 aromatic carbocycles. The lowest BCUT2D eigenvalue weighted by Crippen LogP contribution is -2.17. The molecule has 0 aliphatic heterocycles. The number of Topliss-reactive ketones (excluding diaryl/α,β-unsaturated/α-hetero) is 2. The van der Waals surface area contributed by atoms with E-state index in [4.69, 9.17) is 0 Å². The van der Waals surface area contributed by atoms with Gasteiger partial charge in [0.2, 0.25) is 5.78 Å². The highest BCUT2D eigenvalue weighted by Crippen LogP contribution is 1.98. The van der Waals surface area contributed by atoms with Crippen molar-refractivity contribution in [2.24, 2.45) is 11.7 Å². The Labute approximate surface area is 127 Å². The molecule has 0 aliphatic carbocycles. The standard InChI is InChI=1S/C6H8N2O2.C6H8O4.H4N2/c1-4-3-5(8-7-4)6(9)10-2;1-4(7)3-5(8)6(9)10-2;1-2/h3H,1-2H3,(H,7,8);3H2,1-2H3;1-2H2. The number of carbonyl (C=O) groups excluding carboxylic acids is 4. The Morgan fingerprint density at radius 2 is 1.73 bits per heavy atom. The number of rotatable bonds is 4. The molecule has 1 heterocycles. The number of hydrogen-bond donors (Lipinski definition) is 3. The summed E-state index contributed by atoms with van der Waals surface area (Å²) in [6, 6.07) is 1.63. The first-order valence-electron chi connectivity index (χ1n) is 5.86. The number of aromatic nitrogens is 2. The minimum Gasteiger partial charge on any atom is -0.464 e. The number of nitrogens with one attached hydrogen (secondary N) is 1. The summed E-state index contributed by atoms with van der Waals surface area (Å²) in [5.74, 6) is 5.49. The minimum absolute atomic E-state index is 0.319. The molecule has 1 aromatic rings. The van der Waals surface area contributed by atoms with Crippen LogP contribution in [-0.4, -0.2) is 47.9 Å². The van der Waals surface area contributed by atoms with Crippen molar-refractivity contribution in [1.82, 2.24) is 10.2 Å². The lowest BCUT2D eigenvalue weighted by molar-refractivity contribution is -0.152. The molecule has 0 unspecified atom stereocenters. The van der Waals surface area contributed by atoms with Crippen LogP contribution in [-0.2, 0) is 23.9 Å². The van der Waals surface area contributed by atoms with Gasteiger partial charge in [-0.05, 0) is 19.9 Å². The number of hydrazine groups is 1. The minimum atomic E-state index is -0.963. The summed E-state index contributed by atoms with van der Waals surface area (Å²) in [7, 11) is 2.42. The molecule has 1 aromatic heterocycles. The number of aryl methyl sites for hydroxylation is 1. The summed E-state index contributed by atoms with van der Waals surface area (Å²) in [6.07, 6.45) is -0.368. The second-order valence-corrected chi connectivity index (χ2v) is 3.72. The molecule has 22 heavy (non-hydrogen) atoms. The van der Waals surface area contributed by atoms with E-state index in [1.54, 1.807) is 6.07 Å². The zero-order chi connectivity index (χ0) is 17.7. The van der Waals surface area contributed by atoms with Crippen molar-refractivity contribution < 1.29 is 28.7 Å². The number of aromatic amines is 1. The van der Waals surface area contributed by atoms with Crippen LogP contribution >= 0.6 is 0 Å². The predicted octanol–water partition coefficient (Wildman–Crippen LogP) is -0.969. The average molecular weight is 316 g/mol. The van der Waals surface area contributed by atoms with Crippen LogP contribution < -0.4 is 11.7 Å². The van der Waals surface area contributed by atoms with Crippen LogP contribution in [0.25, 0.3) is 0 Å². The van der Waals surface area contributed by atoms with Crippen LogP contribution in [0.2, 0.25) is 0 Å². The highest BCUT2D eigenvalue weighted by atomic mass is 16.5. The van der Waals surface area contributed by atoms with Crippen molar-refractivity contribution in [2.45, 2.75) is 20.3 Å². The molecule has 5 N–H and O–H groups in total. The fourth-order valence-electron chi connectivity index (χ4n) is 1.04. The van der Waals surface area contributed by atoms with Crippen LogP contribution in [0.15, 0.2) is 6.07 Å². The van der Waals surface area contributed by atoms with Gasteiger partial charge in [-0.1, -0.05) is 0 Å². The third-order valence-electron chi connectivity index (χ3n) is 1.92. The molecule has 0 amide bonds. The molecule has 0 saturated carbocycles. The Hall–Kier alpha value is -2.59. The molecule has 10 heteroatoms. The van der Waals surface area contributed by atoms with Gasteiger partial charge in [0.15, 0.2) is 5.69 Å². The van der Waals surface area contributed by atoms with Crippen molar-refractivity contribution in [3.63, 3.8) is 0 Å². The molecule has 0 aliphatic rings. The molecule has 1 rings (SSSR count). The maximum absolute atomic E-state index is 10.7. The first-order chi connectivity index (χ1) is 10.3. The van der Waals surface area contributed by atoms with Crippen molar-refractivity contribution >= 4 is 23.5 Å². The van der Waals surface area contributed by atoms with E-state index >= 15 is 0 Å². The summed E-state index contributed by atoms with van der Waals surface area (Å²) in [5, 5.41) is 6.32. The van der Waals surface area contributed by atoms with E-state index in [-0.39, 0.29) is 12.2 Å². The Bertz CT molecular complexity index is 511. The van der Waals surface area contributed by atoms with Gasteiger partial charge in [-0.15, -0.1) is 0 Å². The van der Waals surface area contributed by atoms with E-state index in [0.29, 0.717) is 5.69 Å². The Morgan fingerprint density at radius 1 is 1.18 bits per heavy atom. The van der Waals surface area contributed by atoms with Crippen molar-refractivity contribution in [2.75, 3.05) is 14.2 Å². The topological polar surface area (TPSA) is 167 Å². The maximum Gasteiger partial charge on any atom is 0.374 e. The van der Waals surface area contributed by atoms with Crippen LogP contribution in [0.1, 0.15) is 29.5 Å². The average Bonchev–Trinajstić information content (AvgIpc) is 2.94. The van der Waals surface area contributed by atoms with Crippen LogP contribution in [0, 0.1) is 6.92 Å². The fraction of sp³-hybridized carbons (Fsp3) is 0.417. The molecular formula is C12H20N4O6. The van der Waals surface area contributed by atoms with Gasteiger partial charge in [-0.2, -0.15) is 5.10 Å². The first kappa shape index (κ1) is 21.7. The number of esters is 2. The highest BCUT2D eigenvalue weighted by molar-refractivity contribution is 6.36. The second-order valence-electron chi connectivity index (χ2n) is 3.72.